The lowest BCUT2D eigenvalue weighted by atomic mass is 10.0. The number of benzene rings is 2. The van der Waals surface area contributed by atoms with Crippen LogP contribution in [0.1, 0.15) is 0 Å². The van der Waals surface area contributed by atoms with Crippen molar-refractivity contribution in [2.45, 2.75) is 6.10 Å². The Morgan fingerprint density at radius 2 is 2.09 bits per heavy atom. The van der Waals surface area contributed by atoms with Crippen LogP contribution >= 0.6 is 23.2 Å². The number of rotatable bonds is 3. The molecule has 0 fully saturated rings. The Morgan fingerprint density at radius 3 is 2.78 bits per heavy atom. The monoisotopic (exact) mass is 352 g/mol. The number of ether oxygens (including phenoxy) is 1. The second kappa shape index (κ2) is 6.54. The maximum atomic E-state index is 14.0. The number of hydrogen-bond donors (Lipinski definition) is 1. The van der Waals surface area contributed by atoms with Crippen molar-refractivity contribution in [2.75, 3.05) is 18.4 Å². The molecular formula is C15H11Cl2FN4O. The lowest BCUT2D eigenvalue weighted by Gasteiger charge is -2.28. The van der Waals surface area contributed by atoms with Crippen LogP contribution in [0.15, 0.2) is 35.4 Å². The summed E-state index contributed by atoms with van der Waals surface area (Å²) in [6.07, 6.45) is -0.358. The van der Waals surface area contributed by atoms with Crippen molar-refractivity contribution in [1.82, 2.24) is 0 Å². The highest BCUT2D eigenvalue weighted by Crippen LogP contribution is 2.45. The van der Waals surface area contributed by atoms with Crippen molar-refractivity contribution in [3.63, 3.8) is 0 Å². The van der Waals surface area contributed by atoms with Crippen molar-refractivity contribution in [1.29, 1.82) is 0 Å². The highest BCUT2D eigenvalue weighted by atomic mass is 35.5. The third-order valence-electron chi connectivity index (χ3n) is 3.44. The van der Waals surface area contributed by atoms with Crippen LogP contribution in [0, 0.1) is 5.82 Å². The fourth-order valence-electron chi connectivity index (χ4n) is 2.45. The first-order valence-electron chi connectivity index (χ1n) is 6.79. The number of anilines is 1. The molecule has 0 bridgehead atoms. The Morgan fingerprint density at radius 1 is 1.35 bits per heavy atom. The fraction of sp³-hybridized carbons (Fsp3) is 0.200. The van der Waals surface area contributed by atoms with Crippen LogP contribution in [0.2, 0.25) is 10.0 Å². The van der Waals surface area contributed by atoms with Crippen molar-refractivity contribution in [3.05, 3.63) is 56.6 Å². The van der Waals surface area contributed by atoms with E-state index in [0.717, 1.165) is 0 Å². The van der Waals surface area contributed by atoms with E-state index in [1.54, 1.807) is 18.2 Å². The van der Waals surface area contributed by atoms with E-state index in [-0.39, 0.29) is 12.6 Å². The zero-order valence-electron chi connectivity index (χ0n) is 11.8. The summed E-state index contributed by atoms with van der Waals surface area (Å²) < 4.78 is 19.8. The number of fused-ring (bicyclic) bond motifs is 1. The molecule has 3 rings (SSSR count). The molecule has 0 saturated heterocycles. The van der Waals surface area contributed by atoms with E-state index in [1.165, 1.54) is 12.1 Å². The fourth-order valence-corrected chi connectivity index (χ4v) is 3.06. The van der Waals surface area contributed by atoms with Crippen molar-refractivity contribution in [3.8, 4) is 16.9 Å². The van der Waals surface area contributed by atoms with Gasteiger partial charge in [-0.2, -0.15) is 0 Å². The second-order valence-corrected chi connectivity index (χ2v) is 5.78. The molecule has 1 heterocycles. The van der Waals surface area contributed by atoms with Gasteiger partial charge in [0.1, 0.15) is 11.9 Å². The van der Waals surface area contributed by atoms with E-state index >= 15 is 0 Å². The Balaban J connectivity index is 2.12. The lowest BCUT2D eigenvalue weighted by molar-refractivity contribution is 0.215. The molecule has 0 spiro atoms. The highest BCUT2D eigenvalue weighted by molar-refractivity contribution is 6.39. The summed E-state index contributed by atoms with van der Waals surface area (Å²) in [7, 11) is 0. The molecule has 23 heavy (non-hydrogen) atoms. The number of halogens is 3. The number of hydrogen-bond acceptors (Lipinski definition) is 3. The van der Waals surface area contributed by atoms with Gasteiger partial charge in [0, 0.05) is 22.1 Å². The molecule has 0 aliphatic carbocycles. The predicted molar refractivity (Wildman–Crippen MR) is 88.8 cm³/mol. The molecule has 1 atom stereocenters. The van der Waals surface area contributed by atoms with Gasteiger partial charge in [-0.25, -0.2) is 4.39 Å². The Bertz CT molecular complexity index is 788. The molecule has 1 N–H and O–H groups in total. The average Bonchev–Trinajstić information content (AvgIpc) is 2.52. The molecule has 118 valence electrons. The lowest BCUT2D eigenvalue weighted by Crippen LogP contribution is -2.33. The average molecular weight is 353 g/mol. The molecule has 0 amide bonds. The van der Waals surface area contributed by atoms with Gasteiger partial charge < -0.3 is 10.1 Å². The summed E-state index contributed by atoms with van der Waals surface area (Å²) in [5, 5.41) is 7.38. The Kier molecular flexibility index (Phi) is 4.48. The first-order chi connectivity index (χ1) is 11.1. The summed E-state index contributed by atoms with van der Waals surface area (Å²) in [6, 6.07) is 7.72. The van der Waals surface area contributed by atoms with Gasteiger partial charge in [0.2, 0.25) is 0 Å². The number of azide groups is 1. The summed E-state index contributed by atoms with van der Waals surface area (Å²) in [5.41, 5.74) is 9.89. The normalized spacial score (nSPS) is 15.9. The van der Waals surface area contributed by atoms with Crippen LogP contribution in [0.5, 0.6) is 5.75 Å². The van der Waals surface area contributed by atoms with Crippen LogP contribution in [0.25, 0.3) is 21.6 Å². The minimum Gasteiger partial charge on any atom is -0.486 e. The predicted octanol–water partition coefficient (Wildman–Crippen LogP) is 5.28. The van der Waals surface area contributed by atoms with Gasteiger partial charge in [0.05, 0.1) is 28.8 Å². The van der Waals surface area contributed by atoms with Gasteiger partial charge in [-0.05, 0) is 23.7 Å². The van der Waals surface area contributed by atoms with E-state index < -0.39 is 5.82 Å². The molecule has 8 heteroatoms. The van der Waals surface area contributed by atoms with Crippen molar-refractivity contribution in [2.24, 2.45) is 5.11 Å². The van der Waals surface area contributed by atoms with E-state index in [2.05, 4.69) is 15.3 Å². The van der Waals surface area contributed by atoms with Crippen LogP contribution < -0.4 is 10.1 Å². The molecule has 1 aliphatic rings. The number of nitrogens with one attached hydrogen (secondary N) is 1. The third kappa shape index (κ3) is 3.15. The minimum absolute atomic E-state index is 0.163. The smallest absolute Gasteiger partial charge is 0.151 e. The maximum absolute atomic E-state index is 14.0. The summed E-state index contributed by atoms with van der Waals surface area (Å²) in [6.45, 7) is 0.571. The zero-order chi connectivity index (χ0) is 16.4. The van der Waals surface area contributed by atoms with Crippen LogP contribution in [-0.4, -0.2) is 19.2 Å². The molecule has 1 aliphatic heterocycles. The van der Waals surface area contributed by atoms with Gasteiger partial charge in [-0.1, -0.05) is 34.4 Å². The van der Waals surface area contributed by atoms with Gasteiger partial charge in [0.15, 0.2) is 5.75 Å². The molecule has 0 aromatic heterocycles. The quantitative estimate of drug-likeness (QED) is 0.463. The van der Waals surface area contributed by atoms with Gasteiger partial charge in [-0.3, -0.25) is 0 Å². The SMILES string of the molecule is [N-]=[N+]=NCC1CNc2cc(F)cc(-c3c(Cl)cccc3Cl)c2O1. The minimum atomic E-state index is -0.431. The molecule has 1 unspecified atom stereocenters. The first-order valence-corrected chi connectivity index (χ1v) is 7.55. The van der Waals surface area contributed by atoms with E-state index in [4.69, 9.17) is 33.5 Å². The molecule has 5 nitrogen and oxygen atoms in total. The third-order valence-corrected chi connectivity index (χ3v) is 4.07. The van der Waals surface area contributed by atoms with Gasteiger partial charge >= 0.3 is 0 Å². The van der Waals surface area contributed by atoms with Crippen LogP contribution in [-0.2, 0) is 0 Å². The van der Waals surface area contributed by atoms with E-state index in [1.807, 2.05) is 0 Å². The Hall–Kier alpha value is -2.14. The van der Waals surface area contributed by atoms with Gasteiger partial charge in [-0.15, -0.1) is 0 Å². The Labute approximate surface area is 141 Å². The zero-order valence-corrected chi connectivity index (χ0v) is 13.3. The second-order valence-electron chi connectivity index (χ2n) is 4.96. The molecular weight excluding hydrogens is 342 g/mol. The van der Waals surface area contributed by atoms with E-state index in [9.17, 15) is 4.39 Å². The first kappa shape index (κ1) is 15.7. The van der Waals surface area contributed by atoms with Gasteiger partial charge in [0.25, 0.3) is 0 Å². The molecule has 0 saturated carbocycles. The summed E-state index contributed by atoms with van der Waals surface area (Å²) in [4.78, 5) is 2.72. The topological polar surface area (TPSA) is 70.0 Å². The number of nitrogens with zero attached hydrogens (tertiary/aromatic N) is 3. The molecule has 2 aromatic rings. The van der Waals surface area contributed by atoms with E-state index in [0.29, 0.717) is 39.2 Å². The molecule has 0 radical (unpaired) electrons. The highest BCUT2D eigenvalue weighted by Gasteiger charge is 2.25. The summed E-state index contributed by atoms with van der Waals surface area (Å²) in [5.74, 6) is 0.00474. The van der Waals surface area contributed by atoms with Crippen molar-refractivity contribution < 1.29 is 9.13 Å². The standard InChI is InChI=1S/C15H11Cl2FN4O/c16-11-2-1-3-12(17)14(11)10-4-8(18)5-13-15(10)23-9(6-20-13)7-21-22-19/h1-5,9,20H,6-7H2. The maximum Gasteiger partial charge on any atom is 0.151 e. The summed E-state index contributed by atoms with van der Waals surface area (Å²) >= 11 is 12.5. The molecule has 2 aromatic carbocycles. The van der Waals surface area contributed by atoms with Crippen molar-refractivity contribution >= 4 is 28.9 Å². The largest absolute Gasteiger partial charge is 0.486 e. The van der Waals surface area contributed by atoms with Crippen LogP contribution in [0.3, 0.4) is 0 Å². The van der Waals surface area contributed by atoms with Crippen LogP contribution in [0.4, 0.5) is 10.1 Å².